The first-order chi connectivity index (χ1) is 8.24. The minimum atomic E-state index is 0.0797. The fourth-order valence-electron chi connectivity index (χ4n) is 3.44. The molecule has 0 aromatic heterocycles. The lowest BCUT2D eigenvalue weighted by Crippen LogP contribution is -2.30. The second-order valence-electron chi connectivity index (χ2n) is 6.05. The third-order valence-corrected chi connectivity index (χ3v) is 5.00. The van der Waals surface area contributed by atoms with E-state index >= 15 is 0 Å². The highest BCUT2D eigenvalue weighted by Crippen LogP contribution is 2.45. The van der Waals surface area contributed by atoms with Gasteiger partial charge >= 0.3 is 0 Å². The number of hydrogen-bond acceptors (Lipinski definition) is 2. The first kappa shape index (κ1) is 13.4. The second kappa shape index (κ2) is 6.19. The Labute approximate surface area is 106 Å². The molecule has 17 heavy (non-hydrogen) atoms. The maximum atomic E-state index is 5.66. The molecule has 2 nitrogen and oxygen atoms in total. The molecule has 1 atom stereocenters. The average molecular weight is 240 g/mol. The molecule has 1 saturated heterocycles. The van der Waals surface area contributed by atoms with Crippen LogP contribution in [0.1, 0.15) is 65.2 Å². The lowest BCUT2D eigenvalue weighted by Gasteiger charge is -2.36. The van der Waals surface area contributed by atoms with Crippen LogP contribution in [-0.4, -0.2) is 19.5 Å². The first-order valence-electron chi connectivity index (χ1n) is 7.48. The number of ether oxygens (including phenoxy) is 2. The highest BCUT2D eigenvalue weighted by molar-refractivity contribution is 4.85. The molecule has 1 aliphatic carbocycles. The fourth-order valence-corrected chi connectivity index (χ4v) is 3.44. The third-order valence-electron chi connectivity index (χ3n) is 5.00. The predicted molar refractivity (Wildman–Crippen MR) is 69.9 cm³/mol. The van der Waals surface area contributed by atoms with Crippen molar-refractivity contribution in [1.29, 1.82) is 0 Å². The summed E-state index contributed by atoms with van der Waals surface area (Å²) < 4.78 is 11.3. The summed E-state index contributed by atoms with van der Waals surface area (Å²) in [6.45, 7) is 6.60. The van der Waals surface area contributed by atoms with Gasteiger partial charge in [-0.3, -0.25) is 0 Å². The molecule has 2 rings (SSSR count). The van der Waals surface area contributed by atoms with Gasteiger partial charge in [-0.1, -0.05) is 33.1 Å². The van der Waals surface area contributed by atoms with Gasteiger partial charge in [0, 0.05) is 0 Å². The van der Waals surface area contributed by atoms with Crippen LogP contribution in [0.25, 0.3) is 0 Å². The Morgan fingerprint density at radius 3 is 2.29 bits per heavy atom. The van der Waals surface area contributed by atoms with E-state index in [0.717, 1.165) is 32.0 Å². The molecule has 1 aliphatic heterocycles. The van der Waals surface area contributed by atoms with Gasteiger partial charge in [0.15, 0.2) is 6.29 Å². The Kier molecular flexibility index (Phi) is 4.87. The van der Waals surface area contributed by atoms with E-state index in [2.05, 4.69) is 13.8 Å². The summed E-state index contributed by atoms with van der Waals surface area (Å²) in [5.41, 5.74) is 0.515. The summed E-state index contributed by atoms with van der Waals surface area (Å²) in [5, 5.41) is 0. The van der Waals surface area contributed by atoms with Crippen LogP contribution in [0.15, 0.2) is 0 Å². The molecule has 1 saturated carbocycles. The van der Waals surface area contributed by atoms with Gasteiger partial charge in [0.25, 0.3) is 0 Å². The minimum Gasteiger partial charge on any atom is -0.353 e. The first-order valence-corrected chi connectivity index (χ1v) is 7.48. The topological polar surface area (TPSA) is 18.5 Å². The average Bonchev–Trinajstić information content (AvgIpc) is 2.92. The van der Waals surface area contributed by atoms with Crippen LogP contribution in [0.2, 0.25) is 0 Å². The summed E-state index contributed by atoms with van der Waals surface area (Å²) in [6, 6.07) is 0. The van der Waals surface area contributed by atoms with Gasteiger partial charge in [-0.25, -0.2) is 0 Å². The van der Waals surface area contributed by atoms with Crippen molar-refractivity contribution >= 4 is 0 Å². The van der Waals surface area contributed by atoms with Crippen LogP contribution in [0, 0.1) is 11.3 Å². The SMILES string of the molecule is CCC(C)(CCC1OCCCO1)C1CCCC1. The third kappa shape index (κ3) is 3.45. The maximum absolute atomic E-state index is 5.66. The molecule has 2 fully saturated rings. The molecular weight excluding hydrogens is 212 g/mol. The summed E-state index contributed by atoms with van der Waals surface area (Å²) >= 11 is 0. The summed E-state index contributed by atoms with van der Waals surface area (Å²) in [6.07, 6.45) is 10.5. The monoisotopic (exact) mass is 240 g/mol. The standard InChI is InChI=1S/C15H28O2/c1-3-15(2,13-7-4-5-8-13)10-9-14-16-11-6-12-17-14/h13-14H,3-12H2,1-2H3. The van der Waals surface area contributed by atoms with E-state index in [9.17, 15) is 0 Å². The highest BCUT2D eigenvalue weighted by Gasteiger charge is 2.34. The molecule has 1 heterocycles. The van der Waals surface area contributed by atoms with E-state index in [1.54, 1.807) is 0 Å². The summed E-state index contributed by atoms with van der Waals surface area (Å²) in [7, 11) is 0. The molecule has 0 amide bonds. The van der Waals surface area contributed by atoms with Crippen molar-refractivity contribution in [2.24, 2.45) is 11.3 Å². The van der Waals surface area contributed by atoms with Gasteiger partial charge in [-0.15, -0.1) is 0 Å². The zero-order chi connectivity index (χ0) is 12.1. The predicted octanol–water partition coefficient (Wildman–Crippen LogP) is 4.14. The van der Waals surface area contributed by atoms with Crippen molar-refractivity contribution in [3.63, 3.8) is 0 Å². The van der Waals surface area contributed by atoms with E-state index in [-0.39, 0.29) is 6.29 Å². The number of hydrogen-bond donors (Lipinski definition) is 0. The van der Waals surface area contributed by atoms with Crippen molar-refractivity contribution in [2.75, 3.05) is 13.2 Å². The largest absolute Gasteiger partial charge is 0.353 e. The second-order valence-corrected chi connectivity index (χ2v) is 6.05. The Balaban J connectivity index is 1.80. The molecule has 0 aromatic carbocycles. The van der Waals surface area contributed by atoms with Gasteiger partial charge in [0.1, 0.15) is 0 Å². The van der Waals surface area contributed by atoms with Crippen molar-refractivity contribution in [1.82, 2.24) is 0 Å². The Morgan fingerprint density at radius 1 is 1.06 bits per heavy atom. The minimum absolute atomic E-state index is 0.0797. The summed E-state index contributed by atoms with van der Waals surface area (Å²) in [5.74, 6) is 0.941. The molecule has 100 valence electrons. The van der Waals surface area contributed by atoms with Crippen LogP contribution >= 0.6 is 0 Å². The molecule has 0 N–H and O–H groups in total. The fraction of sp³-hybridized carbons (Fsp3) is 1.00. The smallest absolute Gasteiger partial charge is 0.157 e. The van der Waals surface area contributed by atoms with E-state index in [4.69, 9.17) is 9.47 Å². The Bertz CT molecular complexity index is 217. The molecule has 0 bridgehead atoms. The van der Waals surface area contributed by atoms with Crippen molar-refractivity contribution in [3.05, 3.63) is 0 Å². The van der Waals surface area contributed by atoms with Gasteiger partial charge in [0.05, 0.1) is 13.2 Å². The van der Waals surface area contributed by atoms with Gasteiger partial charge in [-0.05, 0) is 43.4 Å². The zero-order valence-electron chi connectivity index (χ0n) is 11.5. The van der Waals surface area contributed by atoms with Crippen LogP contribution in [0.4, 0.5) is 0 Å². The molecule has 0 radical (unpaired) electrons. The van der Waals surface area contributed by atoms with E-state index in [1.807, 2.05) is 0 Å². The Hall–Kier alpha value is -0.0800. The quantitative estimate of drug-likeness (QED) is 0.719. The lowest BCUT2D eigenvalue weighted by molar-refractivity contribution is -0.185. The van der Waals surface area contributed by atoms with E-state index in [0.29, 0.717) is 5.41 Å². The molecule has 1 unspecified atom stereocenters. The Morgan fingerprint density at radius 2 is 1.71 bits per heavy atom. The highest BCUT2D eigenvalue weighted by atomic mass is 16.7. The van der Waals surface area contributed by atoms with Gasteiger partial charge in [-0.2, -0.15) is 0 Å². The zero-order valence-corrected chi connectivity index (χ0v) is 11.5. The normalized spacial score (nSPS) is 27.2. The van der Waals surface area contributed by atoms with Crippen LogP contribution in [-0.2, 0) is 9.47 Å². The van der Waals surface area contributed by atoms with Crippen molar-refractivity contribution < 1.29 is 9.47 Å². The maximum Gasteiger partial charge on any atom is 0.157 e. The molecule has 2 aliphatic rings. The van der Waals surface area contributed by atoms with Crippen LogP contribution in [0.5, 0.6) is 0 Å². The molecule has 0 aromatic rings. The van der Waals surface area contributed by atoms with E-state index in [1.165, 1.54) is 38.5 Å². The van der Waals surface area contributed by atoms with Crippen molar-refractivity contribution in [3.8, 4) is 0 Å². The van der Waals surface area contributed by atoms with Crippen LogP contribution < -0.4 is 0 Å². The van der Waals surface area contributed by atoms with Gasteiger partial charge in [0.2, 0.25) is 0 Å². The molecular formula is C15H28O2. The van der Waals surface area contributed by atoms with Crippen molar-refractivity contribution in [2.45, 2.75) is 71.5 Å². The van der Waals surface area contributed by atoms with E-state index < -0.39 is 0 Å². The number of rotatable bonds is 5. The van der Waals surface area contributed by atoms with Crippen LogP contribution in [0.3, 0.4) is 0 Å². The van der Waals surface area contributed by atoms with Gasteiger partial charge < -0.3 is 9.47 Å². The summed E-state index contributed by atoms with van der Waals surface area (Å²) in [4.78, 5) is 0. The molecule has 0 spiro atoms. The molecule has 2 heteroatoms. The lowest BCUT2D eigenvalue weighted by atomic mass is 9.71.